The lowest BCUT2D eigenvalue weighted by molar-refractivity contribution is 0.362. The molecular weight excluding hydrogens is 242 g/mol. The third kappa shape index (κ3) is 3.07. The minimum Gasteiger partial charge on any atom is -0.310 e. The van der Waals surface area contributed by atoms with Gasteiger partial charge in [0.15, 0.2) is 0 Å². The average molecular weight is 264 g/mol. The quantitative estimate of drug-likeness (QED) is 0.801. The molecule has 0 aromatic heterocycles. The molecule has 0 radical (unpaired) electrons. The highest BCUT2D eigenvalue weighted by molar-refractivity contribution is 6.30. The van der Waals surface area contributed by atoms with E-state index in [2.05, 4.69) is 24.4 Å². The molecular formula is C16H22ClN. The second-order valence-electron chi connectivity index (χ2n) is 6.02. The van der Waals surface area contributed by atoms with Gasteiger partial charge >= 0.3 is 0 Å². The maximum Gasteiger partial charge on any atom is 0.0406 e. The van der Waals surface area contributed by atoms with Crippen molar-refractivity contribution in [1.82, 2.24) is 5.32 Å². The van der Waals surface area contributed by atoms with Gasteiger partial charge in [-0.25, -0.2) is 0 Å². The summed E-state index contributed by atoms with van der Waals surface area (Å²) < 4.78 is 0. The summed E-state index contributed by atoms with van der Waals surface area (Å²) in [6.07, 6.45) is 5.88. The first kappa shape index (κ1) is 12.5. The normalized spacial score (nSPS) is 21.3. The number of nitrogens with one attached hydrogen (secondary N) is 1. The zero-order valence-corrected chi connectivity index (χ0v) is 11.8. The zero-order chi connectivity index (χ0) is 12.5. The molecule has 2 aliphatic carbocycles. The van der Waals surface area contributed by atoms with E-state index in [0.717, 1.165) is 22.8 Å². The monoisotopic (exact) mass is 263 g/mol. The molecule has 1 nitrogen and oxygen atoms in total. The van der Waals surface area contributed by atoms with Crippen LogP contribution < -0.4 is 5.32 Å². The summed E-state index contributed by atoms with van der Waals surface area (Å²) >= 11 is 5.92. The molecule has 3 rings (SSSR count). The minimum atomic E-state index is 0.433. The lowest BCUT2D eigenvalue weighted by atomic mass is 9.97. The second-order valence-corrected chi connectivity index (χ2v) is 6.46. The van der Waals surface area contributed by atoms with Crippen molar-refractivity contribution in [3.05, 3.63) is 34.9 Å². The van der Waals surface area contributed by atoms with Gasteiger partial charge in [0, 0.05) is 11.1 Å². The molecule has 98 valence electrons. The summed E-state index contributed by atoms with van der Waals surface area (Å²) in [5.41, 5.74) is 1.34. The van der Waals surface area contributed by atoms with Gasteiger partial charge < -0.3 is 5.32 Å². The van der Waals surface area contributed by atoms with Gasteiger partial charge in [0.25, 0.3) is 0 Å². The fraction of sp³-hybridized carbons (Fsp3) is 0.625. The predicted octanol–water partition coefficient (Wildman–Crippen LogP) is 4.43. The molecule has 1 aromatic carbocycles. The van der Waals surface area contributed by atoms with E-state index in [1.807, 2.05) is 12.1 Å². The standard InChI is InChI=1S/C16H22ClN/c1-11(12-6-8-15(17)9-7-12)18-10-16(13-2-3-13)14-4-5-14/h6-9,11,13-14,16,18H,2-5,10H2,1H3. The molecule has 0 heterocycles. The van der Waals surface area contributed by atoms with Crippen LogP contribution in [-0.2, 0) is 0 Å². The fourth-order valence-corrected chi connectivity index (χ4v) is 3.08. The molecule has 2 saturated carbocycles. The Morgan fingerprint density at radius 3 is 2.17 bits per heavy atom. The first-order valence-corrected chi connectivity index (χ1v) is 7.60. The molecule has 1 atom stereocenters. The van der Waals surface area contributed by atoms with E-state index in [1.54, 1.807) is 0 Å². The number of hydrogen-bond acceptors (Lipinski definition) is 1. The van der Waals surface area contributed by atoms with Gasteiger partial charge in [0.1, 0.15) is 0 Å². The Balaban J connectivity index is 1.53. The number of benzene rings is 1. The van der Waals surface area contributed by atoms with Crippen molar-refractivity contribution in [2.45, 2.75) is 38.6 Å². The molecule has 1 aromatic rings. The lowest BCUT2D eigenvalue weighted by Gasteiger charge is -2.20. The van der Waals surface area contributed by atoms with Gasteiger partial charge in [-0.2, -0.15) is 0 Å². The van der Waals surface area contributed by atoms with Crippen LogP contribution in [0.5, 0.6) is 0 Å². The van der Waals surface area contributed by atoms with Gasteiger partial charge in [-0.15, -0.1) is 0 Å². The molecule has 0 bridgehead atoms. The van der Waals surface area contributed by atoms with E-state index >= 15 is 0 Å². The molecule has 2 aliphatic rings. The van der Waals surface area contributed by atoms with Crippen LogP contribution in [0.15, 0.2) is 24.3 Å². The Morgan fingerprint density at radius 1 is 1.11 bits per heavy atom. The molecule has 1 unspecified atom stereocenters. The van der Waals surface area contributed by atoms with Crippen LogP contribution >= 0.6 is 11.6 Å². The summed E-state index contributed by atoms with van der Waals surface area (Å²) in [7, 11) is 0. The fourth-order valence-electron chi connectivity index (χ4n) is 2.95. The average Bonchev–Trinajstić information content (AvgIpc) is 3.24. The molecule has 18 heavy (non-hydrogen) atoms. The van der Waals surface area contributed by atoms with E-state index in [-0.39, 0.29) is 0 Å². The van der Waals surface area contributed by atoms with E-state index in [1.165, 1.54) is 37.8 Å². The largest absolute Gasteiger partial charge is 0.310 e. The Bertz CT molecular complexity index is 380. The number of hydrogen-bond donors (Lipinski definition) is 1. The van der Waals surface area contributed by atoms with Crippen molar-refractivity contribution in [3.63, 3.8) is 0 Å². The summed E-state index contributed by atoms with van der Waals surface area (Å²) in [5, 5.41) is 4.54. The Kier molecular flexibility index (Phi) is 3.63. The molecule has 0 spiro atoms. The predicted molar refractivity (Wildman–Crippen MR) is 76.8 cm³/mol. The van der Waals surface area contributed by atoms with Crippen LogP contribution in [0, 0.1) is 17.8 Å². The van der Waals surface area contributed by atoms with E-state index in [9.17, 15) is 0 Å². The summed E-state index contributed by atoms with van der Waals surface area (Å²) in [4.78, 5) is 0. The molecule has 0 saturated heterocycles. The van der Waals surface area contributed by atoms with Crippen molar-refractivity contribution in [3.8, 4) is 0 Å². The molecule has 2 fully saturated rings. The Hall–Kier alpha value is -0.530. The van der Waals surface area contributed by atoms with E-state index in [4.69, 9.17) is 11.6 Å². The highest BCUT2D eigenvalue weighted by atomic mass is 35.5. The Morgan fingerprint density at radius 2 is 1.67 bits per heavy atom. The molecule has 0 amide bonds. The van der Waals surface area contributed by atoms with Crippen LogP contribution in [0.25, 0.3) is 0 Å². The highest BCUT2D eigenvalue weighted by Gasteiger charge is 2.40. The highest BCUT2D eigenvalue weighted by Crippen LogP contribution is 2.48. The van der Waals surface area contributed by atoms with Crippen molar-refractivity contribution >= 4 is 11.6 Å². The van der Waals surface area contributed by atoms with E-state index in [0.29, 0.717) is 6.04 Å². The maximum atomic E-state index is 5.92. The summed E-state index contributed by atoms with van der Waals surface area (Å²) in [5.74, 6) is 3.00. The topological polar surface area (TPSA) is 12.0 Å². The molecule has 1 N–H and O–H groups in total. The SMILES string of the molecule is CC(NCC(C1CC1)C1CC1)c1ccc(Cl)cc1. The van der Waals surface area contributed by atoms with Crippen LogP contribution in [0.2, 0.25) is 5.02 Å². The zero-order valence-electron chi connectivity index (χ0n) is 11.0. The molecule has 2 heteroatoms. The van der Waals surface area contributed by atoms with Crippen molar-refractivity contribution < 1.29 is 0 Å². The first-order chi connectivity index (χ1) is 8.74. The van der Waals surface area contributed by atoms with Gasteiger partial charge in [-0.3, -0.25) is 0 Å². The van der Waals surface area contributed by atoms with Crippen LogP contribution in [0.4, 0.5) is 0 Å². The van der Waals surface area contributed by atoms with Crippen LogP contribution in [0.1, 0.15) is 44.2 Å². The van der Waals surface area contributed by atoms with Gasteiger partial charge in [0.05, 0.1) is 0 Å². The van der Waals surface area contributed by atoms with Gasteiger partial charge in [-0.1, -0.05) is 23.7 Å². The van der Waals surface area contributed by atoms with Crippen molar-refractivity contribution in [2.75, 3.05) is 6.54 Å². The number of halogens is 1. The lowest BCUT2D eigenvalue weighted by Crippen LogP contribution is -2.28. The molecule has 0 aliphatic heterocycles. The summed E-state index contributed by atoms with van der Waals surface area (Å²) in [6.45, 7) is 3.44. The maximum absolute atomic E-state index is 5.92. The summed E-state index contributed by atoms with van der Waals surface area (Å²) in [6, 6.07) is 8.65. The second kappa shape index (κ2) is 5.22. The van der Waals surface area contributed by atoms with Crippen LogP contribution in [0.3, 0.4) is 0 Å². The van der Waals surface area contributed by atoms with Crippen molar-refractivity contribution in [2.24, 2.45) is 17.8 Å². The first-order valence-electron chi connectivity index (χ1n) is 7.23. The minimum absolute atomic E-state index is 0.433. The number of rotatable bonds is 6. The van der Waals surface area contributed by atoms with Crippen molar-refractivity contribution in [1.29, 1.82) is 0 Å². The van der Waals surface area contributed by atoms with Gasteiger partial charge in [0.2, 0.25) is 0 Å². The van der Waals surface area contributed by atoms with Gasteiger partial charge in [-0.05, 0) is 74.6 Å². The Labute approximate surface area is 115 Å². The third-order valence-electron chi connectivity index (χ3n) is 4.48. The van der Waals surface area contributed by atoms with Crippen LogP contribution in [-0.4, -0.2) is 6.54 Å². The smallest absolute Gasteiger partial charge is 0.0406 e. The third-order valence-corrected chi connectivity index (χ3v) is 4.74. The van der Waals surface area contributed by atoms with E-state index < -0.39 is 0 Å².